The van der Waals surface area contributed by atoms with Gasteiger partial charge in [0.15, 0.2) is 5.78 Å². The van der Waals surface area contributed by atoms with E-state index < -0.39 is 5.97 Å². The normalized spacial score (nSPS) is 10.8. The van der Waals surface area contributed by atoms with Crippen molar-refractivity contribution in [2.75, 3.05) is 6.61 Å². The predicted molar refractivity (Wildman–Crippen MR) is 87.1 cm³/mol. The maximum Gasteiger partial charge on any atom is 0.303 e. The van der Waals surface area contributed by atoms with E-state index in [4.69, 9.17) is 21.4 Å². The van der Waals surface area contributed by atoms with Crippen LogP contribution in [0.4, 0.5) is 0 Å². The average Bonchev–Trinajstić information content (AvgIpc) is 2.41. The lowest BCUT2D eigenvalue weighted by atomic mass is 9.97. The number of hydrogen-bond acceptors (Lipinski definition) is 3. The molecule has 0 amide bonds. The van der Waals surface area contributed by atoms with Gasteiger partial charge in [0.05, 0.1) is 12.2 Å². The number of carboxylic acid groups (broad SMARTS) is 1. The summed E-state index contributed by atoms with van der Waals surface area (Å²) in [7, 11) is 0. The van der Waals surface area contributed by atoms with Crippen LogP contribution >= 0.6 is 11.6 Å². The fraction of sp³-hybridized carbons (Fsp3) is 0.529. The Labute approximate surface area is 136 Å². The Morgan fingerprint density at radius 3 is 2.45 bits per heavy atom. The number of carboxylic acids is 1. The van der Waals surface area contributed by atoms with Crippen molar-refractivity contribution in [3.8, 4) is 5.75 Å². The molecule has 0 spiro atoms. The molecule has 0 saturated heterocycles. The van der Waals surface area contributed by atoms with E-state index in [9.17, 15) is 9.59 Å². The summed E-state index contributed by atoms with van der Waals surface area (Å²) in [6, 6.07) is 1.78. The lowest BCUT2D eigenvalue weighted by Gasteiger charge is -2.17. The van der Waals surface area contributed by atoms with Crippen molar-refractivity contribution in [3.05, 3.63) is 27.8 Å². The Balaban J connectivity index is 3.05. The van der Waals surface area contributed by atoms with Gasteiger partial charge in [-0.1, -0.05) is 25.4 Å². The highest BCUT2D eigenvalue weighted by molar-refractivity contribution is 6.32. The third-order valence-corrected chi connectivity index (χ3v) is 3.87. The first-order chi connectivity index (χ1) is 10.2. The fourth-order valence-electron chi connectivity index (χ4n) is 2.16. The van der Waals surface area contributed by atoms with Crippen LogP contribution in [-0.2, 0) is 4.79 Å². The number of ether oxygens (including phenoxy) is 1. The summed E-state index contributed by atoms with van der Waals surface area (Å²) in [5.41, 5.74) is 2.03. The molecule has 0 aliphatic heterocycles. The zero-order valence-corrected chi connectivity index (χ0v) is 14.3. The molecule has 1 aromatic rings. The van der Waals surface area contributed by atoms with Crippen LogP contribution < -0.4 is 4.74 Å². The van der Waals surface area contributed by atoms with Gasteiger partial charge in [-0.2, -0.15) is 0 Å². The topological polar surface area (TPSA) is 63.6 Å². The second kappa shape index (κ2) is 8.18. The minimum Gasteiger partial charge on any atom is -0.493 e. The van der Waals surface area contributed by atoms with Gasteiger partial charge in [-0.15, -0.1) is 0 Å². The van der Waals surface area contributed by atoms with Crippen LogP contribution in [0.25, 0.3) is 0 Å². The Morgan fingerprint density at radius 2 is 1.91 bits per heavy atom. The van der Waals surface area contributed by atoms with Crippen molar-refractivity contribution < 1.29 is 19.4 Å². The second-order valence-electron chi connectivity index (χ2n) is 5.88. The van der Waals surface area contributed by atoms with Gasteiger partial charge in [0.25, 0.3) is 0 Å². The van der Waals surface area contributed by atoms with Crippen molar-refractivity contribution in [3.63, 3.8) is 0 Å². The van der Waals surface area contributed by atoms with Gasteiger partial charge < -0.3 is 9.84 Å². The summed E-state index contributed by atoms with van der Waals surface area (Å²) in [6.45, 7) is 8.24. The number of halogens is 1. The molecule has 4 nitrogen and oxygen atoms in total. The van der Waals surface area contributed by atoms with E-state index >= 15 is 0 Å². The van der Waals surface area contributed by atoms with Gasteiger partial charge in [-0.3, -0.25) is 9.59 Å². The predicted octanol–water partition coefficient (Wildman–Crippen LogP) is 4.43. The van der Waals surface area contributed by atoms with Crippen molar-refractivity contribution in [2.24, 2.45) is 5.92 Å². The summed E-state index contributed by atoms with van der Waals surface area (Å²) >= 11 is 6.24. The van der Waals surface area contributed by atoms with E-state index in [0.29, 0.717) is 40.8 Å². The number of carbonyl (C=O) groups is 2. The molecule has 0 aromatic heterocycles. The first-order valence-corrected chi connectivity index (χ1v) is 7.79. The van der Waals surface area contributed by atoms with E-state index in [2.05, 4.69) is 0 Å². The third kappa shape index (κ3) is 5.02. The molecule has 22 heavy (non-hydrogen) atoms. The van der Waals surface area contributed by atoms with Crippen molar-refractivity contribution in [2.45, 2.75) is 47.0 Å². The molecule has 0 bridgehead atoms. The zero-order chi connectivity index (χ0) is 16.9. The lowest BCUT2D eigenvalue weighted by Crippen LogP contribution is -2.11. The number of rotatable bonds is 8. The minimum absolute atomic E-state index is 0.0213. The van der Waals surface area contributed by atoms with E-state index in [1.54, 1.807) is 13.0 Å². The summed E-state index contributed by atoms with van der Waals surface area (Å²) in [4.78, 5) is 23.0. The van der Waals surface area contributed by atoms with Crippen LogP contribution in [0.15, 0.2) is 6.07 Å². The third-order valence-electron chi connectivity index (χ3n) is 3.29. The Bertz CT molecular complexity index is 564. The molecule has 0 radical (unpaired) electrons. The van der Waals surface area contributed by atoms with E-state index in [1.165, 1.54) is 0 Å². The molecule has 0 atom stereocenters. The summed E-state index contributed by atoms with van der Waals surface area (Å²) < 4.78 is 5.77. The number of aryl methyl sites for hydroxylation is 1. The number of ketones is 1. The highest BCUT2D eigenvalue weighted by Crippen LogP contribution is 2.33. The van der Waals surface area contributed by atoms with Crippen LogP contribution in [0, 0.1) is 19.8 Å². The molecule has 1 aromatic carbocycles. The quantitative estimate of drug-likeness (QED) is 0.718. The average molecular weight is 327 g/mol. The smallest absolute Gasteiger partial charge is 0.303 e. The largest absolute Gasteiger partial charge is 0.493 e. The molecule has 1 rings (SSSR count). The number of aliphatic carboxylic acids is 1. The summed E-state index contributed by atoms with van der Waals surface area (Å²) in [5, 5.41) is 9.23. The van der Waals surface area contributed by atoms with Gasteiger partial charge >= 0.3 is 5.97 Å². The van der Waals surface area contributed by atoms with E-state index in [-0.39, 0.29) is 18.6 Å². The highest BCUT2D eigenvalue weighted by atomic mass is 35.5. The SMILES string of the molecule is Cc1cc(OCC(C)C)c(C(=O)CCCC(=O)O)c(C)c1Cl. The monoisotopic (exact) mass is 326 g/mol. The van der Waals surface area contributed by atoms with Gasteiger partial charge in [0.1, 0.15) is 5.75 Å². The number of carbonyl (C=O) groups excluding carboxylic acids is 1. The van der Waals surface area contributed by atoms with Crippen molar-refractivity contribution in [1.82, 2.24) is 0 Å². The molecule has 5 heteroatoms. The molecule has 0 heterocycles. The number of hydrogen-bond donors (Lipinski definition) is 1. The molecular weight excluding hydrogens is 304 g/mol. The number of Topliss-reactive ketones (excluding diaryl/α,β-unsaturated/α-hetero) is 1. The van der Waals surface area contributed by atoms with Gasteiger partial charge in [0.2, 0.25) is 0 Å². The minimum atomic E-state index is -0.900. The van der Waals surface area contributed by atoms with Crippen LogP contribution in [-0.4, -0.2) is 23.5 Å². The lowest BCUT2D eigenvalue weighted by molar-refractivity contribution is -0.137. The van der Waals surface area contributed by atoms with Gasteiger partial charge in [-0.05, 0) is 43.4 Å². The Morgan fingerprint density at radius 1 is 1.27 bits per heavy atom. The first-order valence-electron chi connectivity index (χ1n) is 7.41. The fourth-order valence-corrected chi connectivity index (χ4v) is 2.31. The van der Waals surface area contributed by atoms with E-state index in [1.807, 2.05) is 20.8 Å². The second-order valence-corrected chi connectivity index (χ2v) is 6.26. The Kier molecular flexibility index (Phi) is 6.88. The molecule has 0 saturated carbocycles. The van der Waals surface area contributed by atoms with Crippen molar-refractivity contribution >= 4 is 23.4 Å². The standard InChI is InChI=1S/C17H23ClO4/c1-10(2)9-22-14-8-11(3)17(18)12(4)16(14)13(19)6-5-7-15(20)21/h8,10H,5-7,9H2,1-4H3,(H,20,21). The molecule has 122 valence electrons. The first kappa shape index (κ1) is 18.5. The molecule has 0 aliphatic rings. The Hall–Kier alpha value is -1.55. The molecular formula is C17H23ClO4. The van der Waals surface area contributed by atoms with Crippen LogP contribution in [0.1, 0.15) is 54.6 Å². The van der Waals surface area contributed by atoms with Gasteiger partial charge in [-0.25, -0.2) is 0 Å². The van der Waals surface area contributed by atoms with E-state index in [0.717, 1.165) is 5.56 Å². The van der Waals surface area contributed by atoms with Gasteiger partial charge in [0, 0.05) is 17.9 Å². The maximum absolute atomic E-state index is 12.4. The summed E-state index contributed by atoms with van der Waals surface area (Å²) in [5.74, 6) is -0.151. The maximum atomic E-state index is 12.4. The summed E-state index contributed by atoms with van der Waals surface area (Å²) in [6.07, 6.45) is 0.458. The zero-order valence-electron chi connectivity index (χ0n) is 13.5. The van der Waals surface area contributed by atoms with Crippen molar-refractivity contribution in [1.29, 1.82) is 0 Å². The van der Waals surface area contributed by atoms with Crippen LogP contribution in [0.5, 0.6) is 5.75 Å². The van der Waals surface area contributed by atoms with Crippen LogP contribution in [0.3, 0.4) is 0 Å². The molecule has 0 aliphatic carbocycles. The molecule has 0 unspecified atom stereocenters. The molecule has 0 fully saturated rings. The highest BCUT2D eigenvalue weighted by Gasteiger charge is 2.20. The van der Waals surface area contributed by atoms with Crippen LogP contribution in [0.2, 0.25) is 5.02 Å². The molecule has 1 N–H and O–H groups in total. The number of benzene rings is 1.